The van der Waals surface area contributed by atoms with Crippen molar-refractivity contribution in [3.63, 3.8) is 0 Å². The molecule has 132 valence electrons. The van der Waals surface area contributed by atoms with Crippen LogP contribution in [0.5, 0.6) is 0 Å². The largest absolute Gasteiger partial charge is 0.372 e. The standard InChI is InChI=1S/C18H32N2O3/c1-4-23-12-17(22)19-10-5-8-18(13-19)9-6-16(21)20(14-18)11-7-15(2)3/h15H,4-14H2,1-3H3. The van der Waals surface area contributed by atoms with Crippen LogP contribution < -0.4 is 0 Å². The van der Waals surface area contributed by atoms with E-state index in [0.717, 1.165) is 51.9 Å². The molecule has 0 aromatic heterocycles. The minimum absolute atomic E-state index is 0.0940. The van der Waals surface area contributed by atoms with Crippen molar-refractivity contribution < 1.29 is 14.3 Å². The van der Waals surface area contributed by atoms with Gasteiger partial charge in [0.1, 0.15) is 6.61 Å². The maximum atomic E-state index is 12.3. The highest BCUT2D eigenvalue weighted by molar-refractivity contribution is 5.78. The minimum atomic E-state index is 0.0940. The Labute approximate surface area is 140 Å². The molecular formula is C18H32N2O3. The summed E-state index contributed by atoms with van der Waals surface area (Å²) in [7, 11) is 0. The Balaban J connectivity index is 1.96. The maximum absolute atomic E-state index is 12.3. The van der Waals surface area contributed by atoms with Crippen molar-refractivity contribution in [3.8, 4) is 0 Å². The van der Waals surface area contributed by atoms with E-state index in [1.54, 1.807) is 0 Å². The first-order valence-electron chi connectivity index (χ1n) is 9.09. The van der Waals surface area contributed by atoms with Crippen molar-refractivity contribution in [2.45, 2.75) is 52.9 Å². The third-order valence-electron chi connectivity index (χ3n) is 5.17. The molecule has 2 rings (SSSR count). The number of rotatable bonds is 6. The summed E-state index contributed by atoms with van der Waals surface area (Å²) in [6.45, 7) is 10.3. The molecular weight excluding hydrogens is 292 g/mol. The zero-order valence-corrected chi connectivity index (χ0v) is 15.0. The second-order valence-corrected chi connectivity index (χ2v) is 7.55. The maximum Gasteiger partial charge on any atom is 0.248 e. The Kier molecular flexibility index (Phi) is 6.45. The van der Waals surface area contributed by atoms with Gasteiger partial charge in [-0.15, -0.1) is 0 Å². The summed E-state index contributed by atoms with van der Waals surface area (Å²) in [6, 6.07) is 0. The lowest BCUT2D eigenvalue weighted by molar-refractivity contribution is -0.145. The molecule has 2 amide bonds. The summed E-state index contributed by atoms with van der Waals surface area (Å²) in [5.41, 5.74) is 0.102. The molecule has 23 heavy (non-hydrogen) atoms. The van der Waals surface area contributed by atoms with E-state index in [0.29, 0.717) is 18.9 Å². The number of amides is 2. The predicted molar refractivity (Wildman–Crippen MR) is 90.0 cm³/mol. The summed E-state index contributed by atoms with van der Waals surface area (Å²) in [5.74, 6) is 0.988. The number of hydrogen-bond donors (Lipinski definition) is 0. The van der Waals surface area contributed by atoms with Gasteiger partial charge in [0.05, 0.1) is 0 Å². The first-order valence-corrected chi connectivity index (χ1v) is 9.09. The van der Waals surface area contributed by atoms with Gasteiger partial charge in [0.2, 0.25) is 11.8 Å². The number of ether oxygens (including phenoxy) is 1. The summed E-state index contributed by atoms with van der Waals surface area (Å²) in [5, 5.41) is 0. The predicted octanol–water partition coefficient (Wildman–Crippen LogP) is 2.30. The molecule has 1 atom stereocenters. The Morgan fingerprint density at radius 2 is 2.09 bits per heavy atom. The van der Waals surface area contributed by atoms with Gasteiger partial charge in [-0.25, -0.2) is 0 Å². The lowest BCUT2D eigenvalue weighted by Gasteiger charge is -2.48. The zero-order chi connectivity index (χ0) is 16.9. The molecule has 2 aliphatic rings. The molecule has 0 bridgehead atoms. The van der Waals surface area contributed by atoms with Crippen LogP contribution >= 0.6 is 0 Å². The molecule has 5 heteroatoms. The van der Waals surface area contributed by atoms with Crippen LogP contribution in [0.4, 0.5) is 0 Å². The Morgan fingerprint density at radius 1 is 1.30 bits per heavy atom. The van der Waals surface area contributed by atoms with E-state index in [-0.39, 0.29) is 23.8 Å². The topological polar surface area (TPSA) is 49.9 Å². The molecule has 2 fully saturated rings. The van der Waals surface area contributed by atoms with Gasteiger partial charge in [0.15, 0.2) is 0 Å². The summed E-state index contributed by atoms with van der Waals surface area (Å²) in [4.78, 5) is 28.5. The highest BCUT2D eigenvalue weighted by Crippen LogP contribution is 2.39. The molecule has 1 spiro atoms. The van der Waals surface area contributed by atoms with Crippen LogP contribution in [0.2, 0.25) is 0 Å². The number of hydrogen-bond acceptors (Lipinski definition) is 3. The van der Waals surface area contributed by atoms with Crippen LogP contribution in [0.3, 0.4) is 0 Å². The molecule has 2 saturated heterocycles. The van der Waals surface area contributed by atoms with Crippen LogP contribution in [0.1, 0.15) is 52.9 Å². The van der Waals surface area contributed by atoms with Crippen molar-refractivity contribution in [3.05, 3.63) is 0 Å². The Bertz CT molecular complexity index is 424. The molecule has 0 N–H and O–H groups in total. The van der Waals surface area contributed by atoms with E-state index in [1.807, 2.05) is 16.7 Å². The number of nitrogens with zero attached hydrogens (tertiary/aromatic N) is 2. The van der Waals surface area contributed by atoms with E-state index < -0.39 is 0 Å². The van der Waals surface area contributed by atoms with Gasteiger partial charge in [0.25, 0.3) is 0 Å². The fourth-order valence-electron chi connectivity index (χ4n) is 3.75. The summed E-state index contributed by atoms with van der Waals surface area (Å²) in [6.07, 6.45) is 4.75. The van der Waals surface area contributed by atoms with E-state index in [2.05, 4.69) is 13.8 Å². The summed E-state index contributed by atoms with van der Waals surface area (Å²) >= 11 is 0. The molecule has 2 heterocycles. The number of carbonyl (C=O) groups excluding carboxylic acids is 2. The van der Waals surface area contributed by atoms with Crippen molar-refractivity contribution >= 4 is 11.8 Å². The lowest BCUT2D eigenvalue weighted by atomic mass is 9.73. The molecule has 1 unspecified atom stereocenters. The molecule has 0 aliphatic carbocycles. The Morgan fingerprint density at radius 3 is 2.78 bits per heavy atom. The SMILES string of the molecule is CCOCC(=O)N1CCCC2(CCC(=O)N(CCC(C)C)C2)C1. The van der Waals surface area contributed by atoms with E-state index in [1.165, 1.54) is 0 Å². The number of piperidine rings is 2. The average molecular weight is 324 g/mol. The summed E-state index contributed by atoms with van der Waals surface area (Å²) < 4.78 is 5.27. The van der Waals surface area contributed by atoms with E-state index in [9.17, 15) is 9.59 Å². The normalized spacial score (nSPS) is 25.5. The van der Waals surface area contributed by atoms with Crippen LogP contribution in [0, 0.1) is 11.3 Å². The van der Waals surface area contributed by atoms with Crippen molar-refractivity contribution in [2.75, 3.05) is 39.4 Å². The fraction of sp³-hybridized carbons (Fsp3) is 0.889. The monoisotopic (exact) mass is 324 g/mol. The van der Waals surface area contributed by atoms with E-state index in [4.69, 9.17) is 4.74 Å². The molecule has 0 aromatic carbocycles. The average Bonchev–Trinajstić information content (AvgIpc) is 2.54. The van der Waals surface area contributed by atoms with Crippen LogP contribution in [-0.2, 0) is 14.3 Å². The van der Waals surface area contributed by atoms with Crippen LogP contribution in [0.25, 0.3) is 0 Å². The van der Waals surface area contributed by atoms with Gasteiger partial charge < -0.3 is 14.5 Å². The van der Waals surface area contributed by atoms with Crippen LogP contribution in [-0.4, -0.2) is 61.0 Å². The first kappa shape index (κ1) is 18.2. The first-order chi connectivity index (χ1) is 11.0. The molecule has 0 saturated carbocycles. The second-order valence-electron chi connectivity index (χ2n) is 7.55. The fourth-order valence-corrected chi connectivity index (χ4v) is 3.75. The smallest absolute Gasteiger partial charge is 0.248 e. The molecule has 0 radical (unpaired) electrons. The minimum Gasteiger partial charge on any atom is -0.372 e. The Hall–Kier alpha value is -1.10. The number of carbonyl (C=O) groups is 2. The molecule has 0 aromatic rings. The molecule has 5 nitrogen and oxygen atoms in total. The quantitative estimate of drug-likeness (QED) is 0.753. The van der Waals surface area contributed by atoms with Gasteiger partial charge >= 0.3 is 0 Å². The highest BCUT2D eigenvalue weighted by Gasteiger charge is 2.42. The lowest BCUT2D eigenvalue weighted by Crippen LogP contribution is -2.55. The van der Waals surface area contributed by atoms with Crippen molar-refractivity contribution in [1.29, 1.82) is 0 Å². The van der Waals surface area contributed by atoms with Gasteiger partial charge in [-0.2, -0.15) is 0 Å². The second kappa shape index (κ2) is 8.13. The van der Waals surface area contributed by atoms with Crippen molar-refractivity contribution in [2.24, 2.45) is 11.3 Å². The van der Waals surface area contributed by atoms with Gasteiger partial charge in [-0.3, -0.25) is 9.59 Å². The molecule has 2 aliphatic heterocycles. The van der Waals surface area contributed by atoms with E-state index >= 15 is 0 Å². The van der Waals surface area contributed by atoms with Gasteiger partial charge in [-0.1, -0.05) is 13.8 Å². The highest BCUT2D eigenvalue weighted by atomic mass is 16.5. The van der Waals surface area contributed by atoms with Crippen LogP contribution in [0.15, 0.2) is 0 Å². The van der Waals surface area contributed by atoms with Gasteiger partial charge in [0, 0.05) is 44.6 Å². The van der Waals surface area contributed by atoms with Crippen molar-refractivity contribution in [1.82, 2.24) is 9.80 Å². The number of likely N-dealkylation sites (tertiary alicyclic amines) is 2. The third kappa shape index (κ3) is 4.93. The van der Waals surface area contributed by atoms with Gasteiger partial charge in [-0.05, 0) is 38.5 Å². The zero-order valence-electron chi connectivity index (χ0n) is 15.0. The third-order valence-corrected chi connectivity index (χ3v) is 5.17.